The molecule has 2 aromatic heterocycles. The Hall–Kier alpha value is -6.64. The van der Waals surface area contributed by atoms with Crippen LogP contribution < -0.4 is 0 Å². The van der Waals surface area contributed by atoms with Crippen molar-refractivity contribution in [3.8, 4) is 44.8 Å². The first-order chi connectivity index (χ1) is 24.8. The van der Waals surface area contributed by atoms with Crippen LogP contribution in [0.1, 0.15) is 0 Å². The van der Waals surface area contributed by atoms with Crippen molar-refractivity contribution in [2.45, 2.75) is 0 Å². The summed E-state index contributed by atoms with van der Waals surface area (Å²) in [7, 11) is 0. The summed E-state index contributed by atoms with van der Waals surface area (Å²) in [6, 6.07) is 70.4. The van der Waals surface area contributed by atoms with Crippen LogP contribution in [-0.4, -0.2) is 9.13 Å². The summed E-state index contributed by atoms with van der Waals surface area (Å²) in [6.45, 7) is 0. The smallest absolute Gasteiger partial charge is 0.0641 e. The normalized spacial score (nSPS) is 11.6. The highest BCUT2D eigenvalue weighted by molar-refractivity contribution is 6.26. The van der Waals surface area contributed by atoms with E-state index in [4.69, 9.17) is 0 Å². The van der Waals surface area contributed by atoms with Gasteiger partial charge in [-0.25, -0.2) is 0 Å². The molecule has 0 atom stereocenters. The average Bonchev–Trinajstić information content (AvgIpc) is 3.72. The molecule has 2 heterocycles. The molecule has 0 bridgehead atoms. The van der Waals surface area contributed by atoms with E-state index in [0.717, 1.165) is 11.4 Å². The first kappa shape index (κ1) is 28.4. The van der Waals surface area contributed by atoms with E-state index >= 15 is 0 Å². The van der Waals surface area contributed by atoms with Crippen molar-refractivity contribution >= 4 is 43.6 Å². The predicted molar refractivity (Wildman–Crippen MR) is 211 cm³/mol. The molecule has 0 spiro atoms. The van der Waals surface area contributed by atoms with Crippen LogP contribution >= 0.6 is 0 Å². The Morgan fingerprint density at radius 1 is 0.260 bits per heavy atom. The summed E-state index contributed by atoms with van der Waals surface area (Å²) in [5.41, 5.74) is 14.3. The van der Waals surface area contributed by atoms with Gasteiger partial charge in [-0.1, -0.05) is 146 Å². The molecule has 0 aliphatic carbocycles. The molecule has 0 amide bonds. The van der Waals surface area contributed by atoms with Crippen LogP contribution in [0.3, 0.4) is 0 Å². The van der Waals surface area contributed by atoms with Gasteiger partial charge in [0.05, 0.1) is 22.1 Å². The van der Waals surface area contributed by atoms with E-state index in [1.165, 1.54) is 77.0 Å². The van der Waals surface area contributed by atoms with Gasteiger partial charge in [-0.3, -0.25) is 0 Å². The molecule has 0 aliphatic rings. The first-order valence-electron chi connectivity index (χ1n) is 17.2. The minimum Gasteiger partial charge on any atom is -0.309 e. The highest BCUT2D eigenvalue weighted by atomic mass is 15.0. The molecule has 2 heteroatoms. The maximum Gasteiger partial charge on any atom is 0.0641 e. The maximum atomic E-state index is 2.47. The fourth-order valence-electron chi connectivity index (χ4n) is 7.82. The van der Waals surface area contributed by atoms with E-state index in [-0.39, 0.29) is 0 Å². The molecule has 0 saturated heterocycles. The van der Waals surface area contributed by atoms with Crippen molar-refractivity contribution in [2.24, 2.45) is 0 Å². The molecule has 0 saturated carbocycles. The number of rotatable bonds is 5. The second-order valence-corrected chi connectivity index (χ2v) is 13.0. The van der Waals surface area contributed by atoms with Crippen LogP contribution in [0.5, 0.6) is 0 Å². The number of nitrogens with zero attached hydrogens (tertiary/aromatic N) is 2. The number of fused-ring (bicyclic) bond motifs is 7. The Balaban J connectivity index is 1.28. The molecule has 0 fully saturated rings. The van der Waals surface area contributed by atoms with Gasteiger partial charge < -0.3 is 9.13 Å². The van der Waals surface area contributed by atoms with Crippen LogP contribution in [0.15, 0.2) is 194 Å². The van der Waals surface area contributed by atoms with E-state index in [9.17, 15) is 0 Å². The number of aromatic nitrogens is 2. The predicted octanol–water partition coefficient (Wildman–Crippen LogP) is 12.9. The van der Waals surface area contributed by atoms with Gasteiger partial charge in [0, 0.05) is 32.9 Å². The van der Waals surface area contributed by atoms with Gasteiger partial charge in [0.2, 0.25) is 0 Å². The van der Waals surface area contributed by atoms with Gasteiger partial charge in [-0.05, 0) is 81.9 Å². The van der Waals surface area contributed by atoms with Gasteiger partial charge in [0.25, 0.3) is 0 Å². The largest absolute Gasteiger partial charge is 0.309 e. The van der Waals surface area contributed by atoms with Crippen molar-refractivity contribution in [1.82, 2.24) is 9.13 Å². The zero-order valence-electron chi connectivity index (χ0n) is 27.4. The first-order valence-corrected chi connectivity index (χ1v) is 17.2. The maximum absolute atomic E-state index is 2.47. The summed E-state index contributed by atoms with van der Waals surface area (Å²) < 4.78 is 4.93. The SMILES string of the molecule is c1ccc(-c2ccc(-n3c4ccccc4c4ccc5c(c6ccccc6n5-c5cc(-c6ccccc6)cc(-c6ccccc6)c5)c43)cc2)cc1. The second-order valence-electron chi connectivity index (χ2n) is 13.0. The Kier molecular flexibility index (Phi) is 6.53. The van der Waals surface area contributed by atoms with Crippen molar-refractivity contribution in [1.29, 1.82) is 0 Å². The fourth-order valence-corrected chi connectivity index (χ4v) is 7.82. The summed E-state index contributed by atoms with van der Waals surface area (Å²) in [6.07, 6.45) is 0. The topological polar surface area (TPSA) is 9.86 Å². The van der Waals surface area contributed by atoms with Crippen LogP contribution in [0.25, 0.3) is 88.4 Å². The van der Waals surface area contributed by atoms with E-state index in [0.29, 0.717) is 0 Å². The average molecular weight is 637 g/mol. The summed E-state index contributed by atoms with van der Waals surface area (Å²) >= 11 is 0. The summed E-state index contributed by atoms with van der Waals surface area (Å²) in [4.78, 5) is 0. The molecule has 0 radical (unpaired) electrons. The van der Waals surface area contributed by atoms with Gasteiger partial charge >= 0.3 is 0 Å². The van der Waals surface area contributed by atoms with Crippen molar-refractivity contribution in [3.63, 3.8) is 0 Å². The third-order valence-corrected chi connectivity index (χ3v) is 10.1. The Labute approximate surface area is 290 Å². The van der Waals surface area contributed by atoms with E-state index in [1.807, 2.05) is 0 Å². The van der Waals surface area contributed by atoms with E-state index in [2.05, 4.69) is 203 Å². The molecule has 0 unspecified atom stereocenters. The lowest BCUT2D eigenvalue weighted by Gasteiger charge is -2.14. The summed E-state index contributed by atoms with van der Waals surface area (Å²) in [5.74, 6) is 0. The van der Waals surface area contributed by atoms with E-state index < -0.39 is 0 Å². The molecule has 50 heavy (non-hydrogen) atoms. The minimum absolute atomic E-state index is 1.14. The van der Waals surface area contributed by atoms with E-state index in [1.54, 1.807) is 0 Å². The third-order valence-electron chi connectivity index (χ3n) is 10.1. The van der Waals surface area contributed by atoms with Crippen molar-refractivity contribution < 1.29 is 0 Å². The molecule has 0 N–H and O–H groups in total. The van der Waals surface area contributed by atoms with Gasteiger partial charge in [-0.2, -0.15) is 0 Å². The summed E-state index contributed by atoms with van der Waals surface area (Å²) in [5, 5.41) is 5.01. The fraction of sp³-hybridized carbons (Fsp3) is 0. The quantitative estimate of drug-likeness (QED) is 0.178. The zero-order chi connectivity index (χ0) is 33.0. The second kappa shape index (κ2) is 11.5. The zero-order valence-corrected chi connectivity index (χ0v) is 27.4. The highest BCUT2D eigenvalue weighted by Gasteiger charge is 2.21. The molecular formula is C48H32N2. The Bertz CT molecular complexity index is 2770. The molecule has 2 nitrogen and oxygen atoms in total. The lowest BCUT2D eigenvalue weighted by atomic mass is 9.98. The Morgan fingerprint density at radius 2 is 0.740 bits per heavy atom. The van der Waals surface area contributed by atoms with Crippen molar-refractivity contribution in [3.05, 3.63) is 194 Å². The molecule has 8 aromatic carbocycles. The molecule has 0 aliphatic heterocycles. The lowest BCUT2D eigenvalue weighted by molar-refractivity contribution is 1.17. The number of hydrogen-bond acceptors (Lipinski definition) is 0. The monoisotopic (exact) mass is 636 g/mol. The molecule has 10 aromatic rings. The van der Waals surface area contributed by atoms with Crippen LogP contribution in [0, 0.1) is 0 Å². The van der Waals surface area contributed by atoms with Crippen LogP contribution in [-0.2, 0) is 0 Å². The Morgan fingerprint density at radius 3 is 1.34 bits per heavy atom. The molecule has 234 valence electrons. The molecular weight excluding hydrogens is 605 g/mol. The van der Waals surface area contributed by atoms with Crippen LogP contribution in [0.2, 0.25) is 0 Å². The van der Waals surface area contributed by atoms with Gasteiger partial charge in [-0.15, -0.1) is 0 Å². The van der Waals surface area contributed by atoms with Gasteiger partial charge in [0.15, 0.2) is 0 Å². The third kappa shape index (κ3) is 4.50. The lowest BCUT2D eigenvalue weighted by Crippen LogP contribution is -1.97. The van der Waals surface area contributed by atoms with Crippen LogP contribution in [0.4, 0.5) is 0 Å². The standard InChI is InChI=1S/C48H32N2/c1-4-14-33(15-5-1)36-24-26-39(27-25-36)50-44-22-12-10-20-41(44)42-28-29-46-47(48(42)50)43-21-11-13-23-45(43)49(46)40-31-37(34-16-6-2-7-17-34)30-38(32-40)35-18-8-3-9-19-35/h1-32H. The highest BCUT2D eigenvalue weighted by Crippen LogP contribution is 2.43. The number of para-hydroxylation sites is 2. The van der Waals surface area contributed by atoms with Crippen molar-refractivity contribution in [2.75, 3.05) is 0 Å². The minimum atomic E-state index is 1.14. The molecule has 10 rings (SSSR count). The number of hydrogen-bond donors (Lipinski definition) is 0. The van der Waals surface area contributed by atoms with Gasteiger partial charge in [0.1, 0.15) is 0 Å². The number of benzene rings is 8.